The van der Waals surface area contributed by atoms with Gasteiger partial charge in [0.05, 0.1) is 35.9 Å². The quantitative estimate of drug-likeness (QED) is 0.574. The molecule has 5 heterocycles. The molecule has 0 radical (unpaired) electrons. The second kappa shape index (κ2) is 10.9. The van der Waals surface area contributed by atoms with Crippen LogP contribution in [0.5, 0.6) is 6.01 Å². The predicted octanol–water partition coefficient (Wildman–Crippen LogP) is 4.43. The average molecular weight is 543 g/mol. The predicted molar refractivity (Wildman–Crippen MR) is 154 cm³/mol. The molecule has 3 fully saturated rings. The molecule has 0 amide bonds. The molecule has 0 spiro atoms. The van der Waals surface area contributed by atoms with Gasteiger partial charge in [0.1, 0.15) is 12.4 Å². The summed E-state index contributed by atoms with van der Waals surface area (Å²) in [5, 5.41) is 12.8. The molecule has 40 heavy (non-hydrogen) atoms. The van der Waals surface area contributed by atoms with Crippen LogP contribution in [0.15, 0.2) is 18.2 Å². The van der Waals surface area contributed by atoms with Crippen molar-refractivity contribution in [3.05, 3.63) is 46.1 Å². The van der Waals surface area contributed by atoms with E-state index in [4.69, 9.17) is 19.4 Å². The third-order valence-electron chi connectivity index (χ3n) is 10.1. The maximum Gasteiger partial charge on any atom is 0.318 e. The third-order valence-corrected chi connectivity index (χ3v) is 10.1. The first kappa shape index (κ1) is 26.2. The van der Waals surface area contributed by atoms with E-state index in [1.54, 1.807) is 0 Å². The first-order valence-electron chi connectivity index (χ1n) is 15.5. The smallest absolute Gasteiger partial charge is 0.318 e. The van der Waals surface area contributed by atoms with Crippen molar-refractivity contribution >= 4 is 5.82 Å². The molecule has 2 unspecified atom stereocenters. The summed E-state index contributed by atoms with van der Waals surface area (Å²) >= 11 is 0. The number of fused-ring (bicyclic) bond motifs is 3. The Kier molecular flexibility index (Phi) is 7.15. The average Bonchev–Trinajstić information content (AvgIpc) is 3.56. The molecule has 8 heteroatoms. The molecular formula is C32H42N6O2. The van der Waals surface area contributed by atoms with E-state index in [-0.39, 0.29) is 23.8 Å². The Morgan fingerprint density at radius 2 is 1.98 bits per heavy atom. The summed E-state index contributed by atoms with van der Waals surface area (Å²) in [7, 11) is 0. The number of piperazine rings is 1. The van der Waals surface area contributed by atoms with Gasteiger partial charge in [-0.3, -0.25) is 4.90 Å². The minimum Gasteiger partial charge on any atom is -0.461 e. The third kappa shape index (κ3) is 4.76. The molecule has 4 aliphatic heterocycles. The number of rotatable bonds is 6. The number of hydrogen-bond acceptors (Lipinski definition) is 8. The zero-order chi connectivity index (χ0) is 27.1. The Morgan fingerprint density at radius 3 is 2.83 bits per heavy atom. The molecule has 3 atom stereocenters. The summed E-state index contributed by atoms with van der Waals surface area (Å²) in [5.41, 5.74) is 6.60. The minimum absolute atomic E-state index is 0.0146. The van der Waals surface area contributed by atoms with Crippen LogP contribution >= 0.6 is 0 Å². The van der Waals surface area contributed by atoms with Gasteiger partial charge in [0, 0.05) is 37.7 Å². The van der Waals surface area contributed by atoms with Crippen LogP contribution in [-0.2, 0) is 24.0 Å². The number of aryl methyl sites for hydroxylation is 1. The summed E-state index contributed by atoms with van der Waals surface area (Å²) in [6.07, 6.45) is 10.8. The Hall–Kier alpha value is -2.73. The Balaban J connectivity index is 1.23. The lowest BCUT2D eigenvalue weighted by molar-refractivity contribution is -0.0193. The first-order valence-corrected chi connectivity index (χ1v) is 15.5. The van der Waals surface area contributed by atoms with E-state index in [0.717, 1.165) is 56.0 Å². The number of nitriles is 1. The lowest BCUT2D eigenvalue weighted by Crippen LogP contribution is -2.51. The van der Waals surface area contributed by atoms with Crippen molar-refractivity contribution in [1.29, 1.82) is 5.26 Å². The van der Waals surface area contributed by atoms with Crippen molar-refractivity contribution in [2.24, 2.45) is 0 Å². The summed E-state index contributed by atoms with van der Waals surface area (Å²) in [6, 6.07) is 9.72. The fraction of sp³-hybridized carbons (Fsp3) is 0.656. The maximum absolute atomic E-state index is 9.34. The van der Waals surface area contributed by atoms with E-state index in [2.05, 4.69) is 46.3 Å². The minimum atomic E-state index is -0.125. The van der Waals surface area contributed by atoms with Crippen LogP contribution in [0.4, 0.5) is 5.82 Å². The Labute approximate surface area is 238 Å². The van der Waals surface area contributed by atoms with Gasteiger partial charge in [-0.05, 0) is 88.1 Å². The molecule has 8 nitrogen and oxygen atoms in total. The van der Waals surface area contributed by atoms with Crippen molar-refractivity contribution in [2.45, 2.75) is 94.9 Å². The highest BCUT2D eigenvalue weighted by molar-refractivity contribution is 5.53. The van der Waals surface area contributed by atoms with Gasteiger partial charge in [-0.15, -0.1) is 0 Å². The lowest BCUT2D eigenvalue weighted by atomic mass is 9.84. The second-order valence-electron chi connectivity index (χ2n) is 12.5. The molecule has 0 bridgehead atoms. The van der Waals surface area contributed by atoms with E-state index < -0.39 is 0 Å². The fourth-order valence-electron chi connectivity index (χ4n) is 8.12. The lowest BCUT2D eigenvalue weighted by Gasteiger charge is -2.38. The highest BCUT2D eigenvalue weighted by atomic mass is 16.5. The maximum atomic E-state index is 9.34. The number of ether oxygens (including phenoxy) is 2. The second-order valence-corrected chi connectivity index (χ2v) is 12.5. The highest BCUT2D eigenvalue weighted by Gasteiger charge is 2.45. The normalized spacial score (nSPS) is 27.5. The van der Waals surface area contributed by atoms with Crippen molar-refractivity contribution < 1.29 is 9.47 Å². The SMILES string of the molecule is CC1OC(c2cccc3c2CCCC3)Cc2nc(OCC34CCCN3CCC4)nc(N3CCN[C@@H](CC#N)C3)c21. The zero-order valence-corrected chi connectivity index (χ0v) is 23.8. The molecule has 5 aliphatic rings. The van der Waals surface area contributed by atoms with E-state index in [1.165, 1.54) is 68.3 Å². The monoisotopic (exact) mass is 542 g/mol. The molecule has 0 saturated carbocycles. The van der Waals surface area contributed by atoms with Crippen LogP contribution in [0, 0.1) is 11.3 Å². The van der Waals surface area contributed by atoms with Gasteiger partial charge < -0.3 is 19.7 Å². The molecule has 212 valence electrons. The van der Waals surface area contributed by atoms with Crippen molar-refractivity contribution in [1.82, 2.24) is 20.2 Å². The van der Waals surface area contributed by atoms with E-state index in [9.17, 15) is 5.26 Å². The molecule has 1 aliphatic carbocycles. The van der Waals surface area contributed by atoms with Gasteiger partial charge in [0.2, 0.25) is 0 Å². The number of aromatic nitrogens is 2. The van der Waals surface area contributed by atoms with Gasteiger partial charge in [0.25, 0.3) is 0 Å². The van der Waals surface area contributed by atoms with Gasteiger partial charge in [-0.1, -0.05) is 18.2 Å². The molecular weight excluding hydrogens is 500 g/mol. The first-order chi connectivity index (χ1) is 19.6. The fourth-order valence-corrected chi connectivity index (χ4v) is 8.12. The van der Waals surface area contributed by atoms with Crippen LogP contribution in [0.3, 0.4) is 0 Å². The summed E-state index contributed by atoms with van der Waals surface area (Å²) in [6.45, 7) is 7.58. The van der Waals surface area contributed by atoms with Gasteiger partial charge in [-0.25, -0.2) is 0 Å². The van der Waals surface area contributed by atoms with Crippen LogP contribution in [0.1, 0.15) is 92.0 Å². The number of anilines is 1. The van der Waals surface area contributed by atoms with Crippen LogP contribution in [0.25, 0.3) is 0 Å². The molecule has 1 N–H and O–H groups in total. The zero-order valence-electron chi connectivity index (χ0n) is 23.8. The molecule has 1 aromatic heterocycles. The van der Waals surface area contributed by atoms with Crippen LogP contribution in [-0.4, -0.2) is 65.8 Å². The van der Waals surface area contributed by atoms with Crippen molar-refractivity contribution in [3.63, 3.8) is 0 Å². The van der Waals surface area contributed by atoms with Gasteiger partial charge in [-0.2, -0.15) is 15.2 Å². The highest BCUT2D eigenvalue weighted by Crippen LogP contribution is 2.44. The standard InChI is InChI=1S/C32H42N6O2/c1-22-29-27(19-28(40-22)26-10-4-8-23-7-2-3-9-25(23)26)35-31(39-21-32-12-5-16-38(32)17-6-13-32)36-30(29)37-18-15-34-24(20-37)11-14-33/h4,8,10,22,24,28,34H,2-3,5-7,9,11-13,15-21H2,1H3/t22?,24-,28?/m0/s1. The Morgan fingerprint density at radius 1 is 1.12 bits per heavy atom. The number of nitrogens with zero attached hydrogens (tertiary/aromatic N) is 5. The summed E-state index contributed by atoms with van der Waals surface area (Å²) < 4.78 is 13.3. The largest absolute Gasteiger partial charge is 0.461 e. The molecule has 7 rings (SSSR count). The molecule has 2 aromatic rings. The number of benzene rings is 1. The van der Waals surface area contributed by atoms with Crippen LogP contribution < -0.4 is 15.0 Å². The number of nitrogens with one attached hydrogen (secondary N) is 1. The topological polar surface area (TPSA) is 86.5 Å². The van der Waals surface area contributed by atoms with E-state index >= 15 is 0 Å². The Bertz CT molecular complexity index is 1280. The summed E-state index contributed by atoms with van der Waals surface area (Å²) in [5.74, 6) is 0.928. The van der Waals surface area contributed by atoms with Gasteiger partial charge >= 0.3 is 6.01 Å². The molecule has 1 aromatic carbocycles. The van der Waals surface area contributed by atoms with Crippen molar-refractivity contribution in [3.8, 4) is 12.1 Å². The number of hydrogen-bond donors (Lipinski definition) is 1. The molecule has 3 saturated heterocycles. The van der Waals surface area contributed by atoms with E-state index in [0.29, 0.717) is 19.0 Å². The van der Waals surface area contributed by atoms with Gasteiger partial charge in [0.15, 0.2) is 0 Å². The summed E-state index contributed by atoms with van der Waals surface area (Å²) in [4.78, 5) is 15.1. The van der Waals surface area contributed by atoms with Crippen LogP contribution in [0.2, 0.25) is 0 Å². The van der Waals surface area contributed by atoms with E-state index in [1.807, 2.05) is 0 Å². The van der Waals surface area contributed by atoms with Crippen molar-refractivity contribution in [2.75, 3.05) is 44.2 Å².